The molecule has 1 saturated heterocycles. The first-order valence-electron chi connectivity index (χ1n) is 13.0. The Kier molecular flexibility index (Phi) is 32.5. The summed E-state index contributed by atoms with van der Waals surface area (Å²) >= 11 is 0. The van der Waals surface area contributed by atoms with Crippen molar-refractivity contribution in [3.63, 3.8) is 0 Å². The van der Waals surface area contributed by atoms with Gasteiger partial charge in [-0.05, 0) is 85.2 Å². The van der Waals surface area contributed by atoms with Gasteiger partial charge in [-0.3, -0.25) is 9.97 Å². The van der Waals surface area contributed by atoms with E-state index in [0.717, 1.165) is 12.1 Å². The van der Waals surface area contributed by atoms with E-state index in [1.54, 1.807) is 12.4 Å². The van der Waals surface area contributed by atoms with Crippen LogP contribution in [0.2, 0.25) is 0 Å². The number of aromatic nitrogens is 2. The van der Waals surface area contributed by atoms with Gasteiger partial charge in [-0.2, -0.15) is 0 Å². The van der Waals surface area contributed by atoms with Crippen LogP contribution in [0.4, 0.5) is 0 Å². The summed E-state index contributed by atoms with van der Waals surface area (Å²) in [5.74, 6) is 0. The summed E-state index contributed by atoms with van der Waals surface area (Å²) in [6, 6.07) is 9.80. The molecule has 2 aromatic rings. The molecule has 3 heterocycles. The van der Waals surface area contributed by atoms with Crippen LogP contribution < -0.4 is 0 Å². The van der Waals surface area contributed by atoms with Crippen molar-refractivity contribution in [3.8, 4) is 0 Å². The average Bonchev–Trinajstić information content (AvgIpc) is 2.84. The standard InChI is InChI=1S/C6H14N2.2C6H7N.C5H13N.C3H8O.C3H8/c1-7-3-5-8(2)6-4-7;1-6-3-2-4-7-5-6;1-6-4-2-3-5-7-6;1-4-5-6(2)3;1-2-3-4;1-3-2/h3-6H2,1-2H3;2*2-5H,1H3;4-5H2,1-3H3;4H,2-3H2,1H3;3H2,1-2H3. The van der Waals surface area contributed by atoms with Crippen LogP contribution in [0.15, 0.2) is 48.9 Å². The second-order valence-electron chi connectivity index (χ2n) is 8.84. The third-order valence-electron chi connectivity index (χ3n) is 4.24. The molecule has 35 heavy (non-hydrogen) atoms. The molecule has 6 heteroatoms. The van der Waals surface area contributed by atoms with E-state index in [-0.39, 0.29) is 0 Å². The van der Waals surface area contributed by atoms with Crippen molar-refractivity contribution in [2.75, 3.05) is 67.5 Å². The molecule has 1 aliphatic rings. The van der Waals surface area contributed by atoms with Crippen LogP contribution in [0.25, 0.3) is 0 Å². The fourth-order valence-electron chi connectivity index (χ4n) is 2.25. The zero-order chi connectivity index (χ0) is 27.3. The average molecular weight is 492 g/mol. The van der Waals surface area contributed by atoms with E-state index in [2.05, 4.69) is 73.6 Å². The Labute approximate surface area is 218 Å². The number of piperazine rings is 1. The Hall–Kier alpha value is -1.86. The smallest absolute Gasteiger partial charge is 0.0428 e. The molecule has 0 atom stereocenters. The number of nitrogens with zero attached hydrogens (tertiary/aromatic N) is 5. The van der Waals surface area contributed by atoms with Crippen LogP contribution in [0.1, 0.15) is 58.2 Å². The van der Waals surface area contributed by atoms with Crippen molar-refractivity contribution in [3.05, 3.63) is 60.2 Å². The molecule has 1 fully saturated rings. The summed E-state index contributed by atoms with van der Waals surface area (Å²) in [6.45, 7) is 18.8. The maximum absolute atomic E-state index is 7.88. The second kappa shape index (κ2) is 30.2. The Morgan fingerprint density at radius 1 is 0.829 bits per heavy atom. The minimum absolute atomic E-state index is 0.319. The van der Waals surface area contributed by atoms with E-state index in [4.69, 9.17) is 5.11 Å². The summed E-state index contributed by atoms with van der Waals surface area (Å²) in [5, 5.41) is 7.88. The number of hydrogen-bond acceptors (Lipinski definition) is 6. The van der Waals surface area contributed by atoms with E-state index in [1.165, 1.54) is 51.1 Å². The van der Waals surface area contributed by atoms with Gasteiger partial charge in [0.05, 0.1) is 0 Å². The lowest BCUT2D eigenvalue weighted by Crippen LogP contribution is -2.42. The number of hydrogen-bond donors (Lipinski definition) is 1. The molecule has 1 aliphatic heterocycles. The number of pyridine rings is 2. The first kappa shape index (κ1) is 37.7. The van der Waals surface area contributed by atoms with Crippen molar-refractivity contribution >= 4 is 0 Å². The van der Waals surface area contributed by atoms with Gasteiger partial charge in [-0.15, -0.1) is 0 Å². The molecule has 0 spiro atoms. The highest BCUT2D eigenvalue weighted by atomic mass is 16.2. The molecule has 2 aromatic heterocycles. The molecule has 1 N–H and O–H groups in total. The van der Waals surface area contributed by atoms with Gasteiger partial charge in [0.25, 0.3) is 0 Å². The molecular formula is C29H57N5O. The summed E-state index contributed by atoms with van der Waals surface area (Å²) in [7, 11) is 8.52. The minimum atomic E-state index is 0.319. The lowest BCUT2D eigenvalue weighted by Gasteiger charge is -2.28. The van der Waals surface area contributed by atoms with Gasteiger partial charge < -0.3 is 19.8 Å². The van der Waals surface area contributed by atoms with E-state index < -0.39 is 0 Å². The maximum atomic E-state index is 7.88. The van der Waals surface area contributed by atoms with E-state index in [1.807, 2.05) is 57.3 Å². The monoisotopic (exact) mass is 491 g/mol. The number of aryl methyl sites for hydroxylation is 2. The maximum Gasteiger partial charge on any atom is 0.0428 e. The van der Waals surface area contributed by atoms with Gasteiger partial charge in [0.15, 0.2) is 0 Å². The second-order valence-corrected chi connectivity index (χ2v) is 8.84. The SMILES string of the molecule is CCC.CCCN(C)C.CCCO.CN1CCN(C)CC1.Cc1ccccn1.Cc1cccnc1. The van der Waals surface area contributed by atoms with Crippen molar-refractivity contribution in [2.24, 2.45) is 0 Å². The Bertz CT molecular complexity index is 553. The third-order valence-corrected chi connectivity index (χ3v) is 4.24. The van der Waals surface area contributed by atoms with Crippen molar-refractivity contribution in [1.29, 1.82) is 0 Å². The number of aliphatic hydroxyl groups is 1. The number of rotatable bonds is 3. The normalized spacial score (nSPS) is 12.6. The molecule has 0 unspecified atom stereocenters. The quantitative estimate of drug-likeness (QED) is 0.620. The topological polar surface area (TPSA) is 55.7 Å². The van der Waals surface area contributed by atoms with Gasteiger partial charge in [0.2, 0.25) is 0 Å². The first-order chi connectivity index (χ1) is 16.7. The largest absolute Gasteiger partial charge is 0.396 e. The molecule has 0 bridgehead atoms. The van der Waals surface area contributed by atoms with Crippen molar-refractivity contribution in [1.82, 2.24) is 24.7 Å². The van der Waals surface area contributed by atoms with Crippen LogP contribution in [-0.4, -0.2) is 97.3 Å². The van der Waals surface area contributed by atoms with E-state index >= 15 is 0 Å². The minimum Gasteiger partial charge on any atom is -0.396 e. The summed E-state index contributed by atoms with van der Waals surface area (Å²) < 4.78 is 0. The fourth-order valence-corrected chi connectivity index (χ4v) is 2.25. The first-order valence-corrected chi connectivity index (χ1v) is 13.0. The fraction of sp³-hybridized carbons (Fsp3) is 0.655. The third kappa shape index (κ3) is 36.9. The van der Waals surface area contributed by atoms with E-state index in [0.29, 0.717) is 6.61 Å². The Morgan fingerprint density at radius 3 is 1.51 bits per heavy atom. The molecule has 3 rings (SSSR count). The summed E-state index contributed by atoms with van der Waals surface area (Å²) in [6.07, 6.45) is 8.77. The molecule has 0 radical (unpaired) electrons. The summed E-state index contributed by atoms with van der Waals surface area (Å²) in [4.78, 5) is 14.8. The van der Waals surface area contributed by atoms with Gasteiger partial charge >= 0.3 is 0 Å². The van der Waals surface area contributed by atoms with Crippen molar-refractivity contribution < 1.29 is 5.11 Å². The molecule has 6 nitrogen and oxygen atoms in total. The predicted octanol–water partition coefficient (Wildman–Crippen LogP) is 5.41. The zero-order valence-corrected chi connectivity index (χ0v) is 24.7. The van der Waals surface area contributed by atoms with E-state index in [9.17, 15) is 0 Å². The molecule has 0 amide bonds. The van der Waals surface area contributed by atoms with Gasteiger partial charge in [-0.25, -0.2) is 0 Å². The van der Waals surface area contributed by atoms with Crippen LogP contribution in [-0.2, 0) is 0 Å². The lowest BCUT2D eigenvalue weighted by atomic mass is 10.3. The predicted molar refractivity (Wildman–Crippen MR) is 155 cm³/mol. The highest BCUT2D eigenvalue weighted by Crippen LogP contribution is 1.93. The van der Waals surface area contributed by atoms with Crippen LogP contribution in [0, 0.1) is 13.8 Å². The van der Waals surface area contributed by atoms with Crippen LogP contribution in [0.5, 0.6) is 0 Å². The Balaban J connectivity index is -0.000000361. The highest BCUT2D eigenvalue weighted by Gasteiger charge is 2.07. The lowest BCUT2D eigenvalue weighted by molar-refractivity contribution is 0.181. The van der Waals surface area contributed by atoms with Crippen molar-refractivity contribution in [2.45, 2.75) is 60.8 Å². The molecular weight excluding hydrogens is 434 g/mol. The molecule has 204 valence electrons. The number of likely N-dealkylation sites (N-methyl/N-ethyl adjacent to an activating group) is 2. The number of aliphatic hydroxyl groups excluding tert-OH is 1. The summed E-state index contributed by atoms with van der Waals surface area (Å²) in [5.41, 5.74) is 2.28. The molecule has 0 saturated carbocycles. The Morgan fingerprint density at radius 2 is 1.34 bits per heavy atom. The van der Waals surface area contributed by atoms with Gasteiger partial charge in [0, 0.05) is 57.1 Å². The van der Waals surface area contributed by atoms with Crippen LogP contribution in [0.3, 0.4) is 0 Å². The van der Waals surface area contributed by atoms with Crippen LogP contribution >= 0.6 is 0 Å². The zero-order valence-electron chi connectivity index (χ0n) is 24.7. The molecule has 0 aliphatic carbocycles. The molecule has 0 aromatic carbocycles. The van der Waals surface area contributed by atoms with Gasteiger partial charge in [0.1, 0.15) is 0 Å². The van der Waals surface area contributed by atoms with Gasteiger partial charge in [-0.1, -0.05) is 46.2 Å². The highest BCUT2D eigenvalue weighted by molar-refractivity contribution is 5.04.